The molecular formula is C17H14ClFO5. The van der Waals surface area contributed by atoms with Crippen LogP contribution >= 0.6 is 11.6 Å². The minimum atomic E-state index is -0.815. The van der Waals surface area contributed by atoms with Crippen molar-refractivity contribution in [2.45, 2.75) is 0 Å². The van der Waals surface area contributed by atoms with E-state index in [4.69, 9.17) is 25.8 Å². The van der Waals surface area contributed by atoms with Crippen LogP contribution in [0.2, 0.25) is 5.02 Å². The number of rotatable bonds is 6. The normalized spacial score (nSPS) is 10.2. The van der Waals surface area contributed by atoms with E-state index in [2.05, 4.69) is 0 Å². The van der Waals surface area contributed by atoms with E-state index in [9.17, 15) is 14.0 Å². The van der Waals surface area contributed by atoms with E-state index >= 15 is 0 Å². The summed E-state index contributed by atoms with van der Waals surface area (Å²) in [4.78, 5) is 23.9. The van der Waals surface area contributed by atoms with Gasteiger partial charge in [0.25, 0.3) is 0 Å². The van der Waals surface area contributed by atoms with E-state index in [1.54, 1.807) is 0 Å². The molecule has 2 aromatic rings. The van der Waals surface area contributed by atoms with Gasteiger partial charge in [0.15, 0.2) is 24.0 Å². The molecule has 0 aromatic heterocycles. The van der Waals surface area contributed by atoms with Crippen LogP contribution in [-0.2, 0) is 4.74 Å². The lowest BCUT2D eigenvalue weighted by atomic mass is 10.1. The summed E-state index contributed by atoms with van der Waals surface area (Å²) in [6.45, 7) is -0.491. The Bertz CT molecular complexity index is 710. The Morgan fingerprint density at radius 1 is 1.00 bits per heavy atom. The van der Waals surface area contributed by atoms with Gasteiger partial charge in [0, 0.05) is 5.56 Å². The quantitative estimate of drug-likeness (QED) is 0.588. The minimum Gasteiger partial charge on any atom is -0.495 e. The van der Waals surface area contributed by atoms with Gasteiger partial charge in [-0.3, -0.25) is 4.79 Å². The van der Waals surface area contributed by atoms with Crippen molar-refractivity contribution in [3.05, 3.63) is 58.4 Å². The third-order valence-corrected chi connectivity index (χ3v) is 3.49. The fourth-order valence-electron chi connectivity index (χ4n) is 1.93. The van der Waals surface area contributed by atoms with Gasteiger partial charge in [0.2, 0.25) is 0 Å². The molecule has 126 valence electrons. The molecule has 0 amide bonds. The van der Waals surface area contributed by atoms with Gasteiger partial charge in [-0.25, -0.2) is 9.18 Å². The third-order valence-electron chi connectivity index (χ3n) is 3.20. The smallest absolute Gasteiger partial charge is 0.338 e. The molecule has 2 rings (SSSR count). The average molecular weight is 353 g/mol. The molecular weight excluding hydrogens is 339 g/mol. The van der Waals surface area contributed by atoms with Gasteiger partial charge in [0.1, 0.15) is 5.75 Å². The highest BCUT2D eigenvalue weighted by Gasteiger charge is 2.15. The Morgan fingerprint density at radius 3 is 2.21 bits per heavy atom. The highest BCUT2D eigenvalue weighted by molar-refractivity contribution is 6.32. The van der Waals surface area contributed by atoms with Crippen molar-refractivity contribution in [3.8, 4) is 11.5 Å². The summed E-state index contributed by atoms with van der Waals surface area (Å²) in [5.74, 6) is -1.51. The predicted molar refractivity (Wildman–Crippen MR) is 85.6 cm³/mol. The Morgan fingerprint density at radius 2 is 1.62 bits per heavy atom. The highest BCUT2D eigenvalue weighted by atomic mass is 35.5. The Balaban J connectivity index is 2.02. The predicted octanol–water partition coefficient (Wildman–Crippen LogP) is 3.54. The van der Waals surface area contributed by atoms with Crippen LogP contribution in [0.15, 0.2) is 36.4 Å². The van der Waals surface area contributed by atoms with Gasteiger partial charge < -0.3 is 14.2 Å². The van der Waals surface area contributed by atoms with Crippen molar-refractivity contribution in [1.29, 1.82) is 0 Å². The zero-order valence-electron chi connectivity index (χ0n) is 13.0. The number of halogens is 2. The summed E-state index contributed by atoms with van der Waals surface area (Å²) < 4.78 is 28.2. The molecule has 0 heterocycles. The number of benzene rings is 2. The largest absolute Gasteiger partial charge is 0.495 e. The number of hydrogen-bond donors (Lipinski definition) is 0. The summed E-state index contributed by atoms with van der Waals surface area (Å²) in [5.41, 5.74) is 0.253. The lowest BCUT2D eigenvalue weighted by molar-refractivity contribution is 0.0474. The van der Waals surface area contributed by atoms with Crippen molar-refractivity contribution in [2.75, 3.05) is 20.8 Å². The van der Waals surface area contributed by atoms with Gasteiger partial charge in [0.05, 0.1) is 24.8 Å². The molecule has 0 bridgehead atoms. The van der Waals surface area contributed by atoms with Crippen LogP contribution in [0.1, 0.15) is 20.7 Å². The number of ether oxygens (including phenoxy) is 3. The Hall–Kier alpha value is -2.60. The number of Topliss-reactive ketones (excluding diaryl/α,β-unsaturated/α-hetero) is 1. The summed E-state index contributed by atoms with van der Waals surface area (Å²) >= 11 is 5.94. The van der Waals surface area contributed by atoms with Crippen LogP contribution in [0.3, 0.4) is 0 Å². The number of carbonyl (C=O) groups excluding carboxylic acids is 2. The molecule has 5 nitrogen and oxygen atoms in total. The molecule has 0 atom stereocenters. The van der Waals surface area contributed by atoms with Gasteiger partial charge in [-0.1, -0.05) is 11.6 Å². The van der Waals surface area contributed by atoms with Crippen LogP contribution in [0.4, 0.5) is 4.39 Å². The van der Waals surface area contributed by atoms with E-state index in [-0.39, 0.29) is 21.9 Å². The van der Waals surface area contributed by atoms with Crippen molar-refractivity contribution in [3.63, 3.8) is 0 Å². The second-order valence-corrected chi connectivity index (χ2v) is 5.11. The van der Waals surface area contributed by atoms with Crippen LogP contribution < -0.4 is 9.47 Å². The first-order chi connectivity index (χ1) is 11.5. The highest BCUT2D eigenvalue weighted by Crippen LogP contribution is 2.25. The standard InChI is InChI=1S/C17H14ClFO5/c1-22-15-5-3-10(7-12(15)18)14(20)9-24-17(21)11-4-6-16(23-2)13(19)8-11/h3-8H,9H2,1-2H3. The third kappa shape index (κ3) is 4.02. The second-order valence-electron chi connectivity index (χ2n) is 4.70. The van der Waals surface area contributed by atoms with E-state index in [1.165, 1.54) is 44.6 Å². The first-order valence-electron chi connectivity index (χ1n) is 6.83. The fraction of sp³-hybridized carbons (Fsp3) is 0.176. The summed E-state index contributed by atoms with van der Waals surface area (Å²) in [5, 5.41) is 0.270. The average Bonchev–Trinajstić information content (AvgIpc) is 2.59. The summed E-state index contributed by atoms with van der Waals surface area (Å²) in [6.07, 6.45) is 0. The van der Waals surface area contributed by atoms with Crippen LogP contribution in [-0.4, -0.2) is 32.6 Å². The summed E-state index contributed by atoms with van der Waals surface area (Å²) in [7, 11) is 2.77. The lowest BCUT2D eigenvalue weighted by Crippen LogP contribution is -2.14. The topological polar surface area (TPSA) is 61.8 Å². The van der Waals surface area contributed by atoms with Crippen molar-refractivity contribution in [1.82, 2.24) is 0 Å². The molecule has 0 saturated heterocycles. The maximum absolute atomic E-state index is 13.6. The van der Waals surface area contributed by atoms with E-state index in [0.29, 0.717) is 5.75 Å². The zero-order chi connectivity index (χ0) is 17.7. The minimum absolute atomic E-state index is 0.00972. The monoisotopic (exact) mass is 352 g/mol. The first-order valence-corrected chi connectivity index (χ1v) is 7.21. The molecule has 0 fully saturated rings. The maximum Gasteiger partial charge on any atom is 0.338 e. The van der Waals surface area contributed by atoms with E-state index in [0.717, 1.165) is 6.07 Å². The van der Waals surface area contributed by atoms with Gasteiger partial charge in [-0.2, -0.15) is 0 Å². The number of carbonyl (C=O) groups is 2. The van der Waals surface area contributed by atoms with Crippen molar-refractivity contribution < 1.29 is 28.2 Å². The van der Waals surface area contributed by atoms with Crippen LogP contribution in [0.5, 0.6) is 11.5 Å². The molecule has 0 aliphatic carbocycles. The SMILES string of the molecule is COc1ccc(C(=O)OCC(=O)c2ccc(OC)c(Cl)c2)cc1F. The Kier molecular flexibility index (Phi) is 5.76. The molecule has 24 heavy (non-hydrogen) atoms. The van der Waals surface area contributed by atoms with Gasteiger partial charge in [-0.05, 0) is 36.4 Å². The molecule has 0 radical (unpaired) electrons. The van der Waals surface area contributed by atoms with E-state index in [1.807, 2.05) is 0 Å². The number of esters is 1. The zero-order valence-corrected chi connectivity index (χ0v) is 13.7. The lowest BCUT2D eigenvalue weighted by Gasteiger charge is -2.07. The molecule has 0 saturated carbocycles. The first kappa shape index (κ1) is 17.7. The van der Waals surface area contributed by atoms with Crippen molar-refractivity contribution in [2.24, 2.45) is 0 Å². The number of hydrogen-bond acceptors (Lipinski definition) is 5. The molecule has 7 heteroatoms. The van der Waals surface area contributed by atoms with Crippen LogP contribution in [0.25, 0.3) is 0 Å². The molecule has 0 aliphatic rings. The molecule has 0 spiro atoms. The number of ketones is 1. The van der Waals surface area contributed by atoms with Crippen LogP contribution in [0, 0.1) is 5.82 Å². The van der Waals surface area contributed by atoms with Gasteiger partial charge >= 0.3 is 5.97 Å². The molecule has 2 aromatic carbocycles. The Labute approximate surface area is 142 Å². The molecule has 0 N–H and O–H groups in total. The second kappa shape index (κ2) is 7.79. The maximum atomic E-state index is 13.6. The van der Waals surface area contributed by atoms with E-state index < -0.39 is 24.2 Å². The van der Waals surface area contributed by atoms with Crippen molar-refractivity contribution >= 4 is 23.4 Å². The summed E-state index contributed by atoms with van der Waals surface area (Å²) in [6, 6.07) is 8.10. The number of methoxy groups -OCH3 is 2. The fourth-order valence-corrected chi connectivity index (χ4v) is 2.19. The molecule has 0 unspecified atom stereocenters. The molecule has 0 aliphatic heterocycles. The van der Waals surface area contributed by atoms with Gasteiger partial charge in [-0.15, -0.1) is 0 Å².